The Hall–Kier alpha value is -2.34. The fourth-order valence-electron chi connectivity index (χ4n) is 2.82. The van der Waals surface area contributed by atoms with Gasteiger partial charge in [0.05, 0.1) is 5.75 Å². The Morgan fingerprint density at radius 2 is 1.72 bits per heavy atom. The fourth-order valence-corrected chi connectivity index (χ4v) is 3.69. The molecule has 0 saturated heterocycles. The quantitative estimate of drug-likeness (QED) is 0.663. The van der Waals surface area contributed by atoms with E-state index in [-0.39, 0.29) is 36.0 Å². The molecule has 2 aromatic carbocycles. The highest BCUT2D eigenvalue weighted by atomic mass is 32.2. The molecule has 0 aliphatic heterocycles. The molecule has 0 saturated carbocycles. The zero-order valence-corrected chi connectivity index (χ0v) is 18.3. The molecule has 6 heteroatoms. The Morgan fingerprint density at radius 1 is 1.07 bits per heavy atom. The van der Waals surface area contributed by atoms with E-state index in [1.54, 1.807) is 25.1 Å². The van der Waals surface area contributed by atoms with Gasteiger partial charge in [-0.1, -0.05) is 48.0 Å². The van der Waals surface area contributed by atoms with Gasteiger partial charge >= 0.3 is 0 Å². The molecule has 2 aromatic rings. The first-order chi connectivity index (χ1) is 13.8. The lowest BCUT2D eigenvalue weighted by molar-refractivity contribution is -0.138. The van der Waals surface area contributed by atoms with Crippen molar-refractivity contribution in [2.45, 2.75) is 52.1 Å². The molecule has 0 spiro atoms. The molecule has 0 aliphatic rings. The van der Waals surface area contributed by atoms with Gasteiger partial charge in [-0.25, -0.2) is 4.39 Å². The van der Waals surface area contributed by atoms with Gasteiger partial charge in [0, 0.05) is 23.9 Å². The summed E-state index contributed by atoms with van der Waals surface area (Å²) in [6.45, 7) is 7.51. The number of rotatable bonds is 9. The van der Waals surface area contributed by atoms with E-state index in [1.165, 1.54) is 28.3 Å². The third-order valence-corrected chi connectivity index (χ3v) is 5.50. The number of carbonyl (C=O) groups is 2. The van der Waals surface area contributed by atoms with Gasteiger partial charge in [0.2, 0.25) is 11.8 Å². The zero-order chi connectivity index (χ0) is 21.4. The monoisotopic (exact) mass is 416 g/mol. The maximum Gasteiger partial charge on any atom is 0.242 e. The van der Waals surface area contributed by atoms with Crippen molar-refractivity contribution in [3.05, 3.63) is 71.0 Å². The molecule has 0 radical (unpaired) electrons. The van der Waals surface area contributed by atoms with Crippen LogP contribution in [0.15, 0.2) is 48.5 Å². The average Bonchev–Trinajstić information content (AvgIpc) is 2.67. The van der Waals surface area contributed by atoms with Crippen molar-refractivity contribution in [1.29, 1.82) is 0 Å². The van der Waals surface area contributed by atoms with Crippen molar-refractivity contribution < 1.29 is 14.0 Å². The number of aryl methyl sites for hydroxylation is 1. The molecule has 0 heterocycles. The van der Waals surface area contributed by atoms with Crippen molar-refractivity contribution >= 4 is 23.6 Å². The maximum atomic E-state index is 14.2. The number of nitrogens with one attached hydrogen (secondary N) is 1. The number of carbonyl (C=O) groups excluding carboxylic acids is 2. The Labute approximate surface area is 176 Å². The molecular weight excluding hydrogens is 387 g/mol. The van der Waals surface area contributed by atoms with Crippen molar-refractivity contribution in [2.24, 2.45) is 0 Å². The fraction of sp³-hybridized carbons (Fsp3) is 0.391. The lowest BCUT2D eigenvalue weighted by Gasteiger charge is -2.29. The molecule has 29 heavy (non-hydrogen) atoms. The van der Waals surface area contributed by atoms with E-state index in [9.17, 15) is 14.0 Å². The standard InChI is InChI=1S/C23H29FN2O2S/c1-16(2)25-23(28)18(4)26(13-20-7-5-6-8-21(20)24)22(27)15-29-14-19-11-9-17(3)10-12-19/h5-12,16,18H,13-15H2,1-4H3,(H,25,28)/t18-/m0/s1. The summed E-state index contributed by atoms with van der Waals surface area (Å²) in [5.41, 5.74) is 2.73. The predicted octanol–water partition coefficient (Wildman–Crippen LogP) is 4.31. The first kappa shape index (κ1) is 22.9. The van der Waals surface area contributed by atoms with Crippen LogP contribution in [0.1, 0.15) is 37.5 Å². The summed E-state index contributed by atoms with van der Waals surface area (Å²) in [7, 11) is 0. The van der Waals surface area contributed by atoms with Crippen molar-refractivity contribution in [3.8, 4) is 0 Å². The molecule has 0 bridgehead atoms. The van der Waals surface area contributed by atoms with Crippen molar-refractivity contribution in [1.82, 2.24) is 10.2 Å². The highest BCUT2D eigenvalue weighted by molar-refractivity contribution is 7.99. The van der Waals surface area contributed by atoms with Crippen LogP contribution in [-0.4, -0.2) is 34.6 Å². The molecule has 2 rings (SSSR count). The summed E-state index contributed by atoms with van der Waals surface area (Å²) in [6.07, 6.45) is 0. The number of nitrogens with zero attached hydrogens (tertiary/aromatic N) is 1. The van der Waals surface area contributed by atoms with E-state index in [4.69, 9.17) is 0 Å². The molecule has 1 atom stereocenters. The third-order valence-electron chi connectivity index (χ3n) is 4.51. The summed E-state index contributed by atoms with van der Waals surface area (Å²) in [5, 5.41) is 2.83. The lowest BCUT2D eigenvalue weighted by Crippen LogP contribution is -2.49. The van der Waals surface area contributed by atoms with E-state index in [0.717, 1.165) is 5.56 Å². The molecule has 4 nitrogen and oxygen atoms in total. The zero-order valence-electron chi connectivity index (χ0n) is 17.4. The van der Waals surface area contributed by atoms with Gasteiger partial charge in [-0.05, 0) is 39.3 Å². The van der Waals surface area contributed by atoms with Crippen LogP contribution < -0.4 is 5.32 Å². The molecule has 0 aliphatic carbocycles. The predicted molar refractivity (Wildman–Crippen MR) is 117 cm³/mol. The Morgan fingerprint density at radius 3 is 2.34 bits per heavy atom. The number of amides is 2. The average molecular weight is 417 g/mol. The van der Waals surface area contributed by atoms with Gasteiger partial charge in [-0.2, -0.15) is 0 Å². The highest BCUT2D eigenvalue weighted by Crippen LogP contribution is 2.17. The molecule has 0 aromatic heterocycles. The number of thioether (sulfide) groups is 1. The Bertz CT molecular complexity index is 824. The summed E-state index contributed by atoms with van der Waals surface area (Å²) in [5.74, 6) is 0.118. The van der Waals surface area contributed by atoms with Gasteiger partial charge in [0.15, 0.2) is 0 Å². The Balaban J connectivity index is 2.07. The maximum absolute atomic E-state index is 14.2. The second-order valence-electron chi connectivity index (χ2n) is 7.43. The summed E-state index contributed by atoms with van der Waals surface area (Å²) >= 11 is 1.49. The van der Waals surface area contributed by atoms with E-state index in [1.807, 2.05) is 45.0 Å². The van der Waals surface area contributed by atoms with E-state index in [2.05, 4.69) is 5.32 Å². The van der Waals surface area contributed by atoms with E-state index < -0.39 is 6.04 Å². The van der Waals surface area contributed by atoms with Crippen LogP contribution in [0, 0.1) is 12.7 Å². The third kappa shape index (κ3) is 7.20. The summed E-state index contributed by atoms with van der Waals surface area (Å²) in [6, 6.07) is 13.8. The van der Waals surface area contributed by atoms with Gasteiger partial charge < -0.3 is 10.2 Å². The minimum absolute atomic E-state index is 0.0359. The molecule has 156 valence electrons. The number of hydrogen-bond donors (Lipinski definition) is 1. The second kappa shape index (κ2) is 11.0. The van der Waals surface area contributed by atoms with Crippen LogP contribution in [-0.2, 0) is 21.9 Å². The lowest BCUT2D eigenvalue weighted by atomic mass is 10.1. The largest absolute Gasteiger partial charge is 0.352 e. The van der Waals surface area contributed by atoms with Crippen LogP contribution in [0.25, 0.3) is 0 Å². The first-order valence-corrected chi connectivity index (χ1v) is 10.9. The van der Waals surface area contributed by atoms with Crippen molar-refractivity contribution in [3.63, 3.8) is 0 Å². The van der Waals surface area contributed by atoms with Crippen LogP contribution in [0.2, 0.25) is 0 Å². The molecule has 1 N–H and O–H groups in total. The first-order valence-electron chi connectivity index (χ1n) is 9.74. The van der Waals surface area contributed by atoms with Crippen LogP contribution in [0.5, 0.6) is 0 Å². The molecule has 0 fully saturated rings. The second-order valence-corrected chi connectivity index (χ2v) is 8.42. The Kier molecular flexibility index (Phi) is 8.70. The smallest absolute Gasteiger partial charge is 0.242 e. The number of benzene rings is 2. The van der Waals surface area contributed by atoms with E-state index in [0.29, 0.717) is 11.3 Å². The SMILES string of the molecule is Cc1ccc(CSCC(=O)N(Cc2ccccc2F)[C@@H](C)C(=O)NC(C)C)cc1. The van der Waals surface area contributed by atoms with Crippen molar-refractivity contribution in [2.75, 3.05) is 5.75 Å². The normalized spacial score (nSPS) is 11.9. The van der Waals surface area contributed by atoms with Crippen LogP contribution in [0.4, 0.5) is 4.39 Å². The van der Waals surface area contributed by atoms with Crippen LogP contribution in [0.3, 0.4) is 0 Å². The van der Waals surface area contributed by atoms with E-state index >= 15 is 0 Å². The topological polar surface area (TPSA) is 49.4 Å². The highest BCUT2D eigenvalue weighted by Gasteiger charge is 2.27. The minimum Gasteiger partial charge on any atom is -0.352 e. The number of hydrogen-bond acceptors (Lipinski definition) is 3. The molecule has 2 amide bonds. The summed E-state index contributed by atoms with van der Waals surface area (Å²) < 4.78 is 14.2. The minimum atomic E-state index is -0.690. The van der Waals surface area contributed by atoms with Gasteiger partial charge in [-0.3, -0.25) is 9.59 Å². The van der Waals surface area contributed by atoms with Gasteiger partial charge in [-0.15, -0.1) is 11.8 Å². The van der Waals surface area contributed by atoms with Gasteiger partial charge in [0.25, 0.3) is 0 Å². The number of halogens is 1. The van der Waals surface area contributed by atoms with Gasteiger partial charge in [0.1, 0.15) is 11.9 Å². The van der Waals surface area contributed by atoms with Crippen LogP contribution >= 0.6 is 11.8 Å². The molecular formula is C23H29FN2O2S. The summed E-state index contributed by atoms with van der Waals surface area (Å²) in [4.78, 5) is 26.9. The molecule has 0 unspecified atom stereocenters.